The number of anilines is 1. The van der Waals surface area contributed by atoms with Crippen molar-refractivity contribution in [2.75, 3.05) is 23.9 Å². The Balaban J connectivity index is 1.52. The molecular weight excluding hydrogens is 544 g/mol. The molecule has 1 aromatic heterocycles. The van der Waals surface area contributed by atoms with Gasteiger partial charge in [0, 0.05) is 12.7 Å². The number of halogens is 4. The van der Waals surface area contributed by atoms with Gasteiger partial charge in [0.1, 0.15) is 28.7 Å². The maximum absolute atomic E-state index is 13.6. The fourth-order valence-electron chi connectivity index (χ4n) is 5.02. The van der Waals surface area contributed by atoms with Crippen LogP contribution in [0.1, 0.15) is 33.6 Å². The number of nitrogens with one attached hydrogen (secondary N) is 2. The summed E-state index contributed by atoms with van der Waals surface area (Å²) in [7, 11) is -3.68. The smallest absolute Gasteiger partial charge is 0.422 e. The Kier molecular flexibility index (Phi) is 6.40. The van der Waals surface area contributed by atoms with Crippen LogP contribution in [0, 0.1) is 5.82 Å². The lowest BCUT2D eigenvalue weighted by Crippen LogP contribution is -2.49. The van der Waals surface area contributed by atoms with Crippen molar-refractivity contribution in [2.24, 2.45) is 0 Å². The lowest BCUT2D eigenvalue weighted by molar-refractivity contribution is -0.153. The van der Waals surface area contributed by atoms with Gasteiger partial charge in [-0.25, -0.2) is 17.5 Å². The highest BCUT2D eigenvalue weighted by molar-refractivity contribution is 7.91. The Hall–Kier alpha value is -3.94. The van der Waals surface area contributed by atoms with Crippen molar-refractivity contribution in [3.05, 3.63) is 70.7 Å². The third-order valence-electron chi connectivity index (χ3n) is 6.55. The van der Waals surface area contributed by atoms with Gasteiger partial charge in [-0.1, -0.05) is 6.07 Å². The molecule has 3 aromatic rings. The zero-order chi connectivity index (χ0) is 28.2. The van der Waals surface area contributed by atoms with E-state index in [9.17, 15) is 35.6 Å². The minimum absolute atomic E-state index is 0.0328. The molecule has 0 bridgehead atoms. The normalized spacial score (nSPS) is 18.4. The second-order valence-corrected chi connectivity index (χ2v) is 11.8. The molecule has 0 unspecified atom stereocenters. The molecule has 2 heterocycles. The first-order valence-electron chi connectivity index (χ1n) is 11.7. The number of amides is 2. The number of hydrogen-bond acceptors (Lipinski definition) is 6. The number of alkyl halides is 3. The minimum Gasteiger partial charge on any atom is -0.484 e. The highest BCUT2D eigenvalue weighted by Gasteiger charge is 2.47. The van der Waals surface area contributed by atoms with Crippen molar-refractivity contribution in [3.8, 4) is 11.4 Å². The van der Waals surface area contributed by atoms with E-state index >= 15 is 0 Å². The molecule has 1 spiro atoms. The average molecular weight is 567 g/mol. The number of rotatable bonds is 6. The average Bonchev–Trinajstić information content (AvgIpc) is 3.35. The van der Waals surface area contributed by atoms with E-state index in [0.717, 1.165) is 11.8 Å². The Morgan fingerprint density at radius 3 is 2.59 bits per heavy atom. The SMILES string of the molecule is CS(=O)(=O)CC(=O)Nc1c2c(nn1-c1ccc(F)cc1)C[C@@]1(CCc3cc(OCC(F)(F)F)ccc31)NC2=O. The number of carbonyl (C=O) groups is 2. The minimum atomic E-state index is -4.48. The monoisotopic (exact) mass is 566 g/mol. The van der Waals surface area contributed by atoms with Crippen LogP contribution in [0.4, 0.5) is 23.4 Å². The third kappa shape index (κ3) is 5.46. The summed E-state index contributed by atoms with van der Waals surface area (Å²) in [6.07, 6.45) is -2.49. The first-order valence-corrected chi connectivity index (χ1v) is 13.8. The number of fused-ring (bicyclic) bond motifs is 3. The van der Waals surface area contributed by atoms with Gasteiger partial charge in [0.05, 0.1) is 16.9 Å². The zero-order valence-electron chi connectivity index (χ0n) is 20.4. The van der Waals surface area contributed by atoms with E-state index < -0.39 is 51.5 Å². The number of nitrogens with zero attached hydrogens (tertiary/aromatic N) is 2. The van der Waals surface area contributed by atoms with Crippen molar-refractivity contribution in [1.82, 2.24) is 15.1 Å². The van der Waals surface area contributed by atoms with E-state index in [1.54, 1.807) is 6.07 Å². The lowest BCUT2D eigenvalue weighted by atomic mass is 9.82. The third-order valence-corrected chi connectivity index (χ3v) is 7.33. The molecule has 2 amide bonds. The molecule has 14 heteroatoms. The predicted octanol–water partition coefficient (Wildman–Crippen LogP) is 3.06. The summed E-state index contributed by atoms with van der Waals surface area (Å²) >= 11 is 0. The van der Waals surface area contributed by atoms with Crippen molar-refractivity contribution in [3.63, 3.8) is 0 Å². The standard InChI is InChI=1S/C25H22F4N4O5S/c1-39(36,37)12-20(34)30-22-21-19(32-33(22)16-4-2-15(26)3-5-16)11-24(31-23(21)35)9-8-14-10-17(6-7-18(14)24)38-13-25(27,28)29/h2-7,10H,8-9,11-13H2,1H3,(H,30,34)(H,31,35)/t24-/m1/s1. The van der Waals surface area contributed by atoms with E-state index in [0.29, 0.717) is 29.8 Å². The summed E-state index contributed by atoms with van der Waals surface area (Å²) in [5.74, 6) is -2.81. The Labute approximate surface area is 220 Å². The van der Waals surface area contributed by atoms with E-state index in [4.69, 9.17) is 4.74 Å². The second kappa shape index (κ2) is 9.36. The summed E-state index contributed by atoms with van der Waals surface area (Å²) in [6.45, 7) is -1.42. The van der Waals surface area contributed by atoms with Crippen molar-refractivity contribution in [2.45, 2.75) is 31.0 Å². The quantitative estimate of drug-likeness (QED) is 0.443. The van der Waals surface area contributed by atoms with Crippen LogP contribution >= 0.6 is 0 Å². The van der Waals surface area contributed by atoms with Crippen LogP contribution in [-0.2, 0) is 33.0 Å². The van der Waals surface area contributed by atoms with Gasteiger partial charge in [-0.3, -0.25) is 9.59 Å². The first-order chi connectivity index (χ1) is 18.2. The summed E-state index contributed by atoms with van der Waals surface area (Å²) in [4.78, 5) is 26.0. The van der Waals surface area contributed by atoms with Crippen LogP contribution in [0.25, 0.3) is 5.69 Å². The molecule has 2 N–H and O–H groups in total. The van der Waals surface area contributed by atoms with E-state index in [-0.39, 0.29) is 23.6 Å². The largest absolute Gasteiger partial charge is 0.484 e. The van der Waals surface area contributed by atoms with Crippen molar-refractivity contribution < 1.29 is 40.3 Å². The number of ether oxygens (including phenoxy) is 1. The van der Waals surface area contributed by atoms with Crippen LogP contribution in [-0.4, -0.2) is 54.8 Å². The number of carbonyl (C=O) groups excluding carboxylic acids is 2. The molecule has 0 fully saturated rings. The molecule has 5 rings (SSSR count). The number of benzene rings is 2. The topological polar surface area (TPSA) is 119 Å². The molecule has 0 radical (unpaired) electrons. The van der Waals surface area contributed by atoms with Gasteiger partial charge in [0.2, 0.25) is 5.91 Å². The van der Waals surface area contributed by atoms with Crippen LogP contribution in [0.3, 0.4) is 0 Å². The summed E-state index contributed by atoms with van der Waals surface area (Å²) in [5, 5.41) is 9.98. The van der Waals surface area contributed by atoms with Crippen LogP contribution < -0.4 is 15.4 Å². The fourth-order valence-corrected chi connectivity index (χ4v) is 5.57. The van der Waals surface area contributed by atoms with Gasteiger partial charge in [-0.15, -0.1) is 0 Å². The van der Waals surface area contributed by atoms with E-state index in [1.165, 1.54) is 41.1 Å². The van der Waals surface area contributed by atoms with E-state index in [2.05, 4.69) is 15.7 Å². The van der Waals surface area contributed by atoms with Gasteiger partial charge in [0.15, 0.2) is 16.4 Å². The van der Waals surface area contributed by atoms with E-state index in [1.807, 2.05) is 0 Å². The second-order valence-electron chi connectivity index (χ2n) is 9.61. The molecule has 0 saturated heterocycles. The van der Waals surface area contributed by atoms with Gasteiger partial charge in [0.25, 0.3) is 5.91 Å². The molecular formula is C25H22F4N4O5S. The molecule has 39 heavy (non-hydrogen) atoms. The number of hydrogen-bond donors (Lipinski definition) is 2. The zero-order valence-corrected chi connectivity index (χ0v) is 21.2. The molecule has 9 nitrogen and oxygen atoms in total. The van der Waals surface area contributed by atoms with Crippen molar-refractivity contribution >= 4 is 27.5 Å². The molecule has 0 saturated carbocycles. The summed E-state index contributed by atoms with van der Waals surface area (Å²) in [6, 6.07) is 9.67. The highest BCUT2D eigenvalue weighted by atomic mass is 32.2. The number of aryl methyl sites for hydroxylation is 1. The number of sulfone groups is 1. The molecule has 206 valence electrons. The molecule has 2 aliphatic rings. The first kappa shape index (κ1) is 26.7. The highest BCUT2D eigenvalue weighted by Crippen LogP contribution is 2.44. The number of aromatic nitrogens is 2. The molecule has 1 aliphatic heterocycles. The predicted molar refractivity (Wildman–Crippen MR) is 131 cm³/mol. The fraction of sp³-hybridized carbons (Fsp3) is 0.320. The van der Waals surface area contributed by atoms with Crippen LogP contribution in [0.15, 0.2) is 42.5 Å². The van der Waals surface area contributed by atoms with Gasteiger partial charge < -0.3 is 15.4 Å². The Morgan fingerprint density at radius 2 is 1.92 bits per heavy atom. The molecule has 1 aliphatic carbocycles. The molecule has 2 aromatic carbocycles. The maximum atomic E-state index is 13.6. The van der Waals surface area contributed by atoms with Gasteiger partial charge >= 0.3 is 6.18 Å². The maximum Gasteiger partial charge on any atom is 0.422 e. The Bertz CT molecular complexity index is 1580. The molecule has 1 atom stereocenters. The van der Waals surface area contributed by atoms with Gasteiger partial charge in [-0.05, 0) is 60.4 Å². The van der Waals surface area contributed by atoms with Crippen LogP contribution in [0.2, 0.25) is 0 Å². The van der Waals surface area contributed by atoms with Gasteiger partial charge in [-0.2, -0.15) is 18.3 Å². The van der Waals surface area contributed by atoms with Crippen molar-refractivity contribution in [1.29, 1.82) is 0 Å². The summed E-state index contributed by atoms with van der Waals surface area (Å²) < 4.78 is 80.7. The lowest BCUT2D eigenvalue weighted by Gasteiger charge is -2.35. The Morgan fingerprint density at radius 1 is 1.21 bits per heavy atom. The summed E-state index contributed by atoms with van der Waals surface area (Å²) in [5.41, 5.74) is 1.18. The van der Waals surface area contributed by atoms with Crippen LogP contribution in [0.5, 0.6) is 5.75 Å².